The number of rotatable bonds is 8. The number of likely N-dealkylation sites (tertiary alicyclic amines) is 1. The molecule has 2 aromatic rings. The van der Waals surface area contributed by atoms with Crippen molar-refractivity contribution in [3.63, 3.8) is 0 Å². The maximum Gasteiger partial charge on any atom is 0.120 e. The van der Waals surface area contributed by atoms with Crippen LogP contribution in [0.3, 0.4) is 0 Å². The second-order valence-electron chi connectivity index (χ2n) is 9.61. The zero-order valence-electron chi connectivity index (χ0n) is 20.1. The van der Waals surface area contributed by atoms with E-state index >= 15 is 0 Å². The molecule has 0 radical (unpaired) electrons. The van der Waals surface area contributed by atoms with Gasteiger partial charge in [-0.05, 0) is 88.0 Å². The van der Waals surface area contributed by atoms with Crippen LogP contribution in [-0.2, 0) is 13.0 Å². The SMILES string of the molecule is COc1ccc(CCN2CCCC(CN(C)Cc3ccc(C#CC(C)(C)O)cc3)C2)cc1. The quantitative estimate of drug-likeness (QED) is 0.632. The third-order valence-electron chi connectivity index (χ3n) is 5.97. The van der Waals surface area contributed by atoms with Crippen molar-refractivity contribution in [2.45, 2.75) is 45.3 Å². The van der Waals surface area contributed by atoms with Gasteiger partial charge in [-0.3, -0.25) is 0 Å². The van der Waals surface area contributed by atoms with Gasteiger partial charge in [0.15, 0.2) is 0 Å². The molecule has 1 heterocycles. The fraction of sp³-hybridized carbons (Fsp3) is 0.500. The van der Waals surface area contributed by atoms with Gasteiger partial charge in [0.25, 0.3) is 0 Å². The second-order valence-corrected chi connectivity index (χ2v) is 9.61. The van der Waals surface area contributed by atoms with Gasteiger partial charge in [-0.1, -0.05) is 36.1 Å². The van der Waals surface area contributed by atoms with Crippen molar-refractivity contribution in [3.05, 3.63) is 65.2 Å². The Morgan fingerprint density at radius 1 is 1.09 bits per heavy atom. The van der Waals surface area contributed by atoms with E-state index < -0.39 is 5.60 Å². The zero-order chi connectivity index (χ0) is 23.0. The molecular formula is C28H38N2O2. The minimum atomic E-state index is -0.957. The molecule has 0 saturated carbocycles. The molecule has 4 nitrogen and oxygen atoms in total. The largest absolute Gasteiger partial charge is 0.497 e. The predicted molar refractivity (Wildman–Crippen MR) is 132 cm³/mol. The number of benzene rings is 2. The van der Waals surface area contributed by atoms with E-state index in [0.29, 0.717) is 0 Å². The number of piperidine rings is 1. The molecule has 32 heavy (non-hydrogen) atoms. The molecule has 0 aromatic heterocycles. The lowest BCUT2D eigenvalue weighted by Gasteiger charge is -2.34. The Balaban J connectivity index is 1.44. The van der Waals surface area contributed by atoms with Crippen molar-refractivity contribution in [1.29, 1.82) is 0 Å². The molecule has 1 N–H and O–H groups in total. The molecule has 0 aliphatic carbocycles. The molecule has 4 heteroatoms. The van der Waals surface area contributed by atoms with Gasteiger partial charge in [-0.25, -0.2) is 0 Å². The molecule has 0 amide bonds. The molecule has 1 fully saturated rings. The minimum Gasteiger partial charge on any atom is -0.497 e. The Bertz CT molecular complexity index is 888. The van der Waals surface area contributed by atoms with E-state index in [-0.39, 0.29) is 0 Å². The number of hydrogen-bond acceptors (Lipinski definition) is 4. The van der Waals surface area contributed by atoms with Gasteiger partial charge in [0.05, 0.1) is 7.11 Å². The molecule has 1 unspecified atom stereocenters. The zero-order valence-corrected chi connectivity index (χ0v) is 20.1. The molecular weight excluding hydrogens is 396 g/mol. The summed E-state index contributed by atoms with van der Waals surface area (Å²) in [5.74, 6) is 7.55. The van der Waals surface area contributed by atoms with Crippen molar-refractivity contribution >= 4 is 0 Å². The highest BCUT2D eigenvalue weighted by Gasteiger charge is 2.21. The Kier molecular flexibility index (Phi) is 8.75. The maximum absolute atomic E-state index is 9.75. The van der Waals surface area contributed by atoms with Crippen LogP contribution in [-0.4, -0.2) is 60.8 Å². The van der Waals surface area contributed by atoms with Gasteiger partial charge in [-0.15, -0.1) is 0 Å². The van der Waals surface area contributed by atoms with E-state index in [1.165, 1.54) is 37.1 Å². The van der Waals surface area contributed by atoms with Crippen LogP contribution < -0.4 is 4.74 Å². The van der Waals surface area contributed by atoms with Crippen LogP contribution >= 0.6 is 0 Å². The Labute approximate surface area is 194 Å². The van der Waals surface area contributed by atoms with Gasteiger partial charge >= 0.3 is 0 Å². The lowest BCUT2D eigenvalue weighted by molar-refractivity contribution is 0.142. The van der Waals surface area contributed by atoms with E-state index in [1.807, 2.05) is 12.1 Å². The van der Waals surface area contributed by atoms with Gasteiger partial charge in [0.2, 0.25) is 0 Å². The van der Waals surface area contributed by atoms with Crippen molar-refractivity contribution in [2.75, 3.05) is 40.3 Å². The van der Waals surface area contributed by atoms with E-state index in [1.54, 1.807) is 21.0 Å². The van der Waals surface area contributed by atoms with Crippen molar-refractivity contribution in [2.24, 2.45) is 5.92 Å². The minimum absolute atomic E-state index is 0.724. The van der Waals surface area contributed by atoms with Crippen LogP contribution in [0.1, 0.15) is 43.4 Å². The number of nitrogens with zero attached hydrogens (tertiary/aromatic N) is 2. The summed E-state index contributed by atoms with van der Waals surface area (Å²) in [6.45, 7) is 9.00. The van der Waals surface area contributed by atoms with Crippen molar-refractivity contribution in [1.82, 2.24) is 9.80 Å². The van der Waals surface area contributed by atoms with E-state index in [2.05, 4.69) is 65.1 Å². The van der Waals surface area contributed by atoms with Crippen molar-refractivity contribution < 1.29 is 9.84 Å². The number of hydrogen-bond donors (Lipinski definition) is 1. The molecule has 1 saturated heterocycles. The van der Waals surface area contributed by atoms with Gasteiger partial charge in [0.1, 0.15) is 11.4 Å². The fourth-order valence-electron chi connectivity index (χ4n) is 4.32. The molecule has 1 aliphatic heterocycles. The molecule has 1 aliphatic rings. The van der Waals surface area contributed by atoms with Crippen LogP contribution in [0, 0.1) is 17.8 Å². The fourth-order valence-corrected chi connectivity index (χ4v) is 4.32. The summed E-state index contributed by atoms with van der Waals surface area (Å²) < 4.78 is 5.26. The normalized spacial score (nSPS) is 17.1. The van der Waals surface area contributed by atoms with Crippen LogP contribution in [0.2, 0.25) is 0 Å². The smallest absolute Gasteiger partial charge is 0.120 e. The van der Waals surface area contributed by atoms with E-state index in [4.69, 9.17) is 4.74 Å². The highest BCUT2D eigenvalue weighted by atomic mass is 16.5. The first-order valence-electron chi connectivity index (χ1n) is 11.7. The average Bonchev–Trinajstić information content (AvgIpc) is 2.77. The summed E-state index contributed by atoms with van der Waals surface area (Å²) in [5, 5.41) is 9.75. The molecule has 1 atom stereocenters. The molecule has 0 bridgehead atoms. The highest BCUT2D eigenvalue weighted by Crippen LogP contribution is 2.19. The summed E-state index contributed by atoms with van der Waals surface area (Å²) in [6.07, 6.45) is 3.69. The van der Waals surface area contributed by atoms with Crippen LogP contribution in [0.5, 0.6) is 5.75 Å². The van der Waals surface area contributed by atoms with Gasteiger partial charge in [0, 0.05) is 31.7 Å². The van der Waals surface area contributed by atoms with E-state index in [9.17, 15) is 5.11 Å². The lowest BCUT2D eigenvalue weighted by atomic mass is 9.97. The summed E-state index contributed by atoms with van der Waals surface area (Å²) in [5.41, 5.74) is 2.66. The third kappa shape index (κ3) is 8.31. The van der Waals surface area contributed by atoms with Crippen molar-refractivity contribution in [3.8, 4) is 17.6 Å². The molecule has 2 aromatic carbocycles. The molecule has 172 valence electrons. The Hall–Kier alpha value is -2.32. The molecule has 0 spiro atoms. The van der Waals surface area contributed by atoms with Crippen LogP contribution in [0.15, 0.2) is 48.5 Å². The average molecular weight is 435 g/mol. The summed E-state index contributed by atoms with van der Waals surface area (Å²) in [7, 11) is 3.93. The van der Waals surface area contributed by atoms with Gasteiger partial charge in [-0.2, -0.15) is 0 Å². The monoisotopic (exact) mass is 434 g/mol. The lowest BCUT2D eigenvalue weighted by Crippen LogP contribution is -2.40. The first kappa shape index (κ1) is 24.3. The van der Waals surface area contributed by atoms with E-state index in [0.717, 1.165) is 43.3 Å². The Morgan fingerprint density at radius 3 is 2.44 bits per heavy atom. The standard InChI is InChI=1S/C28H38N2O2/c1-28(2,31)17-15-23-7-9-25(10-8-23)20-29(3)21-26-6-5-18-30(22-26)19-16-24-11-13-27(32-4)14-12-24/h7-14,26,31H,5-6,16,18-22H2,1-4H3. The maximum atomic E-state index is 9.75. The number of aliphatic hydroxyl groups is 1. The topological polar surface area (TPSA) is 35.9 Å². The summed E-state index contributed by atoms with van der Waals surface area (Å²) in [6, 6.07) is 16.8. The number of ether oxygens (including phenoxy) is 1. The summed E-state index contributed by atoms with van der Waals surface area (Å²) in [4.78, 5) is 5.07. The first-order valence-corrected chi connectivity index (χ1v) is 11.7. The van der Waals surface area contributed by atoms with Crippen LogP contribution in [0.4, 0.5) is 0 Å². The number of methoxy groups -OCH3 is 1. The predicted octanol–water partition coefficient (Wildman–Crippen LogP) is 4.20. The third-order valence-corrected chi connectivity index (χ3v) is 5.97. The summed E-state index contributed by atoms with van der Waals surface area (Å²) >= 11 is 0. The first-order chi connectivity index (χ1) is 15.3. The van der Waals surface area contributed by atoms with Crippen LogP contribution in [0.25, 0.3) is 0 Å². The van der Waals surface area contributed by atoms with Gasteiger partial charge < -0.3 is 19.6 Å². The molecule has 3 rings (SSSR count). The Morgan fingerprint density at radius 2 is 1.78 bits per heavy atom. The highest BCUT2D eigenvalue weighted by molar-refractivity contribution is 5.37. The second kappa shape index (κ2) is 11.5.